The highest BCUT2D eigenvalue weighted by atomic mass is 35.5. The first kappa shape index (κ1) is 18.0. The first-order valence-corrected chi connectivity index (χ1v) is 10.5. The molecule has 0 saturated carbocycles. The smallest absolute Gasteiger partial charge is 0.191 e. The summed E-state index contributed by atoms with van der Waals surface area (Å²) in [6, 6.07) is 15.8. The summed E-state index contributed by atoms with van der Waals surface area (Å²) in [7, 11) is -1.43. The normalized spacial score (nSPS) is 11.6. The van der Waals surface area contributed by atoms with Crippen LogP contribution in [0.2, 0.25) is 5.02 Å². The maximum Gasteiger partial charge on any atom is 0.191 e. The Morgan fingerprint density at radius 3 is 2.40 bits per heavy atom. The number of halogens is 1. The van der Waals surface area contributed by atoms with Gasteiger partial charge in [-0.25, -0.2) is 8.42 Å². The molecule has 2 aromatic carbocycles. The van der Waals surface area contributed by atoms with E-state index in [-0.39, 0.29) is 5.75 Å². The van der Waals surface area contributed by atoms with Crippen LogP contribution in [-0.2, 0) is 16.9 Å². The van der Waals surface area contributed by atoms with Gasteiger partial charge >= 0.3 is 0 Å². The molecule has 0 bridgehead atoms. The Hall–Kier alpha value is -1.83. The van der Waals surface area contributed by atoms with Gasteiger partial charge in [0.05, 0.1) is 10.6 Å². The molecule has 0 aliphatic heterocycles. The van der Waals surface area contributed by atoms with E-state index in [0.29, 0.717) is 26.7 Å². The molecule has 0 spiro atoms. The van der Waals surface area contributed by atoms with Gasteiger partial charge in [0.2, 0.25) is 0 Å². The minimum atomic E-state index is -3.29. The van der Waals surface area contributed by atoms with Gasteiger partial charge in [-0.2, -0.15) is 0 Å². The second kappa shape index (κ2) is 7.59. The molecule has 3 aromatic rings. The number of nitrogens with zero attached hydrogens (tertiary/aromatic N) is 3. The monoisotopic (exact) mass is 393 g/mol. The molecule has 0 fully saturated rings. The Bertz CT molecular complexity index is 955. The number of rotatable bonds is 6. The molecule has 0 N–H and O–H groups in total. The standard InChI is InChI=1S/C17H16ClN3O2S2/c1-21-16(13-7-9-14(18)10-8-13)19-20-17(21)24-11-12-25(22,23)15-5-3-2-4-6-15/h2-10H,11-12H2,1H3. The van der Waals surface area contributed by atoms with Crippen molar-refractivity contribution < 1.29 is 8.42 Å². The lowest BCUT2D eigenvalue weighted by atomic mass is 10.2. The third-order valence-corrected chi connectivity index (χ3v) is 6.89. The summed E-state index contributed by atoms with van der Waals surface area (Å²) >= 11 is 7.27. The lowest BCUT2D eigenvalue weighted by Gasteiger charge is -2.05. The quantitative estimate of drug-likeness (QED) is 0.597. The summed E-state index contributed by atoms with van der Waals surface area (Å²) in [4.78, 5) is 0.343. The number of thioether (sulfide) groups is 1. The van der Waals surface area contributed by atoms with Crippen molar-refractivity contribution in [2.75, 3.05) is 11.5 Å². The van der Waals surface area contributed by atoms with Crippen molar-refractivity contribution in [3.63, 3.8) is 0 Å². The lowest BCUT2D eigenvalue weighted by molar-refractivity contribution is 0.597. The summed E-state index contributed by atoms with van der Waals surface area (Å²) in [5.41, 5.74) is 0.906. The average Bonchev–Trinajstić information content (AvgIpc) is 2.97. The fourth-order valence-corrected chi connectivity index (χ4v) is 4.99. The van der Waals surface area contributed by atoms with Crippen LogP contribution >= 0.6 is 23.4 Å². The third kappa shape index (κ3) is 4.23. The van der Waals surface area contributed by atoms with E-state index < -0.39 is 9.84 Å². The Labute approximate surface area is 156 Å². The minimum absolute atomic E-state index is 0.0464. The predicted octanol–water partition coefficient (Wildman–Crippen LogP) is 3.70. The van der Waals surface area contributed by atoms with Crippen LogP contribution in [0.25, 0.3) is 11.4 Å². The molecule has 0 atom stereocenters. The molecule has 3 rings (SSSR count). The van der Waals surface area contributed by atoms with Gasteiger partial charge < -0.3 is 4.57 Å². The van der Waals surface area contributed by atoms with Crippen molar-refractivity contribution in [1.29, 1.82) is 0 Å². The molecule has 5 nitrogen and oxygen atoms in total. The molecule has 1 aromatic heterocycles. The van der Waals surface area contributed by atoms with Crippen LogP contribution in [0, 0.1) is 0 Å². The Morgan fingerprint density at radius 2 is 1.72 bits per heavy atom. The Kier molecular flexibility index (Phi) is 5.46. The maximum atomic E-state index is 12.3. The number of benzene rings is 2. The number of hydrogen-bond acceptors (Lipinski definition) is 5. The van der Waals surface area contributed by atoms with Gasteiger partial charge in [-0.15, -0.1) is 10.2 Å². The van der Waals surface area contributed by atoms with Crippen molar-refractivity contribution in [1.82, 2.24) is 14.8 Å². The van der Waals surface area contributed by atoms with Crippen LogP contribution in [0.1, 0.15) is 0 Å². The average molecular weight is 394 g/mol. The Balaban J connectivity index is 1.68. The molecule has 0 amide bonds. The molecule has 1 heterocycles. The van der Waals surface area contributed by atoms with Gasteiger partial charge in [0.25, 0.3) is 0 Å². The van der Waals surface area contributed by atoms with Crippen molar-refractivity contribution in [3.8, 4) is 11.4 Å². The lowest BCUT2D eigenvalue weighted by Crippen LogP contribution is -2.09. The zero-order valence-corrected chi connectivity index (χ0v) is 15.9. The summed E-state index contributed by atoms with van der Waals surface area (Å²) < 4.78 is 26.4. The summed E-state index contributed by atoms with van der Waals surface area (Å²) in [5.74, 6) is 1.17. The first-order chi connectivity index (χ1) is 12.0. The van der Waals surface area contributed by atoms with Gasteiger partial charge in [0, 0.05) is 23.4 Å². The molecule has 0 saturated heterocycles. The van der Waals surface area contributed by atoms with Crippen LogP contribution in [0.3, 0.4) is 0 Å². The van der Waals surface area contributed by atoms with Gasteiger partial charge in [-0.05, 0) is 36.4 Å². The minimum Gasteiger partial charge on any atom is -0.305 e. The number of hydrogen-bond donors (Lipinski definition) is 0. The SMILES string of the molecule is Cn1c(SCCS(=O)(=O)c2ccccc2)nnc1-c1ccc(Cl)cc1. The second-order valence-corrected chi connectivity index (χ2v) is 8.96. The zero-order chi connectivity index (χ0) is 17.9. The van der Waals surface area contributed by atoms with E-state index in [4.69, 9.17) is 11.6 Å². The van der Waals surface area contributed by atoms with E-state index in [9.17, 15) is 8.42 Å². The Morgan fingerprint density at radius 1 is 1.04 bits per heavy atom. The van der Waals surface area contributed by atoms with Gasteiger partial charge in [0.1, 0.15) is 0 Å². The molecule has 8 heteroatoms. The molecule has 130 valence electrons. The molecule has 0 radical (unpaired) electrons. The summed E-state index contributed by atoms with van der Waals surface area (Å²) in [6.07, 6.45) is 0. The van der Waals surface area contributed by atoms with Crippen LogP contribution in [-0.4, -0.2) is 34.7 Å². The molecule has 25 heavy (non-hydrogen) atoms. The summed E-state index contributed by atoms with van der Waals surface area (Å²) in [5, 5.41) is 9.68. The van der Waals surface area contributed by atoms with Crippen molar-refractivity contribution in [2.45, 2.75) is 10.1 Å². The largest absolute Gasteiger partial charge is 0.305 e. The van der Waals surface area contributed by atoms with Gasteiger partial charge in [-0.3, -0.25) is 0 Å². The van der Waals surface area contributed by atoms with E-state index in [1.165, 1.54) is 11.8 Å². The highest BCUT2D eigenvalue weighted by Gasteiger charge is 2.16. The van der Waals surface area contributed by atoms with Crippen molar-refractivity contribution >= 4 is 33.2 Å². The van der Waals surface area contributed by atoms with Gasteiger partial charge in [-0.1, -0.05) is 41.6 Å². The second-order valence-electron chi connectivity index (χ2n) is 5.35. The van der Waals surface area contributed by atoms with E-state index in [1.54, 1.807) is 42.5 Å². The highest BCUT2D eigenvalue weighted by molar-refractivity contribution is 8.00. The van der Waals surface area contributed by atoms with Crippen LogP contribution < -0.4 is 0 Å². The molecule has 0 aliphatic rings. The topological polar surface area (TPSA) is 64.8 Å². The van der Waals surface area contributed by atoms with Gasteiger partial charge in [0.15, 0.2) is 20.8 Å². The van der Waals surface area contributed by atoms with E-state index >= 15 is 0 Å². The fraction of sp³-hybridized carbons (Fsp3) is 0.176. The van der Waals surface area contributed by atoms with Crippen LogP contribution in [0.15, 0.2) is 64.6 Å². The van der Waals surface area contributed by atoms with Crippen LogP contribution in [0.5, 0.6) is 0 Å². The molecule has 0 aliphatic carbocycles. The molecular weight excluding hydrogens is 378 g/mol. The van der Waals surface area contributed by atoms with Crippen molar-refractivity contribution in [3.05, 3.63) is 59.6 Å². The maximum absolute atomic E-state index is 12.3. The molecule has 0 unspecified atom stereocenters. The third-order valence-electron chi connectivity index (χ3n) is 3.62. The fourth-order valence-electron chi connectivity index (χ4n) is 2.28. The highest BCUT2D eigenvalue weighted by Crippen LogP contribution is 2.24. The van der Waals surface area contributed by atoms with E-state index in [1.807, 2.05) is 23.7 Å². The number of sulfone groups is 1. The first-order valence-electron chi connectivity index (χ1n) is 7.53. The number of aromatic nitrogens is 3. The molecular formula is C17H16ClN3O2S2. The van der Waals surface area contributed by atoms with Crippen LogP contribution in [0.4, 0.5) is 0 Å². The van der Waals surface area contributed by atoms with E-state index in [0.717, 1.165) is 5.56 Å². The summed E-state index contributed by atoms with van der Waals surface area (Å²) in [6.45, 7) is 0. The van der Waals surface area contributed by atoms with E-state index in [2.05, 4.69) is 10.2 Å². The predicted molar refractivity (Wildman–Crippen MR) is 101 cm³/mol. The van der Waals surface area contributed by atoms with Crippen molar-refractivity contribution in [2.24, 2.45) is 7.05 Å². The zero-order valence-electron chi connectivity index (χ0n) is 13.5.